The number of benzene rings is 2. The van der Waals surface area contributed by atoms with Gasteiger partial charge in [0.15, 0.2) is 0 Å². The van der Waals surface area contributed by atoms with Gasteiger partial charge in [-0.15, -0.1) is 0 Å². The van der Waals surface area contributed by atoms with Crippen molar-refractivity contribution in [1.82, 2.24) is 0 Å². The lowest BCUT2D eigenvalue weighted by molar-refractivity contribution is 0.416. The van der Waals surface area contributed by atoms with Gasteiger partial charge >= 0.3 is 0 Å². The molecule has 2 aromatic carbocycles. The molecule has 1 nitrogen and oxygen atoms in total. The van der Waals surface area contributed by atoms with Crippen LogP contribution in [0.2, 0.25) is 5.02 Å². The number of rotatable bonds is 2. The number of hydrogen-bond acceptors (Lipinski definition) is 1. The molecule has 0 unspecified atom stereocenters. The van der Waals surface area contributed by atoms with Crippen molar-refractivity contribution in [3.63, 3.8) is 0 Å². The first-order valence-electron chi connectivity index (χ1n) is 4.91. The van der Waals surface area contributed by atoms with Crippen molar-refractivity contribution in [2.24, 2.45) is 0 Å². The van der Waals surface area contributed by atoms with Gasteiger partial charge in [0.2, 0.25) is 0 Å². The highest BCUT2D eigenvalue weighted by Crippen LogP contribution is 2.37. The summed E-state index contributed by atoms with van der Waals surface area (Å²) in [6, 6.07) is 8.34. The van der Waals surface area contributed by atoms with Crippen LogP contribution in [-0.4, -0.2) is 7.11 Å². The minimum absolute atomic E-state index is 0.217. The molecule has 2 aromatic rings. The Balaban J connectivity index is 2.67. The Labute approximate surface area is 103 Å². The van der Waals surface area contributed by atoms with Gasteiger partial charge in [-0.1, -0.05) is 17.7 Å². The highest BCUT2D eigenvalue weighted by atomic mass is 35.5. The molecule has 88 valence electrons. The Morgan fingerprint density at radius 3 is 2.53 bits per heavy atom. The first-order chi connectivity index (χ1) is 8.13. The normalized spacial score (nSPS) is 10.4. The zero-order valence-corrected chi connectivity index (χ0v) is 9.76. The molecule has 0 bridgehead atoms. The van der Waals surface area contributed by atoms with Crippen LogP contribution in [0, 0.1) is 11.6 Å². The van der Waals surface area contributed by atoms with Crippen molar-refractivity contribution in [3.05, 3.63) is 53.1 Å². The van der Waals surface area contributed by atoms with E-state index in [-0.39, 0.29) is 5.56 Å². The summed E-state index contributed by atoms with van der Waals surface area (Å²) in [6.07, 6.45) is 0. The molecule has 0 spiro atoms. The second kappa shape index (κ2) is 4.72. The summed E-state index contributed by atoms with van der Waals surface area (Å²) in [6.45, 7) is 0. The molecule has 2 rings (SSSR count). The van der Waals surface area contributed by atoms with Crippen molar-refractivity contribution in [1.29, 1.82) is 0 Å². The third kappa shape index (κ3) is 2.24. The summed E-state index contributed by atoms with van der Waals surface area (Å²) in [5.74, 6) is -0.850. The Hall–Kier alpha value is -1.61. The molecule has 0 amide bonds. The van der Waals surface area contributed by atoms with Crippen molar-refractivity contribution >= 4 is 11.6 Å². The van der Waals surface area contributed by atoms with Crippen molar-refractivity contribution in [2.45, 2.75) is 0 Å². The summed E-state index contributed by atoms with van der Waals surface area (Å²) in [5.41, 5.74) is 0.642. The van der Waals surface area contributed by atoms with Crippen LogP contribution in [0.25, 0.3) is 11.1 Å². The lowest BCUT2D eigenvalue weighted by Crippen LogP contribution is -1.92. The molecular formula is C13H9ClF2O. The van der Waals surface area contributed by atoms with E-state index < -0.39 is 11.6 Å². The molecule has 0 saturated heterocycles. The van der Waals surface area contributed by atoms with E-state index in [1.807, 2.05) is 0 Å². The van der Waals surface area contributed by atoms with Gasteiger partial charge < -0.3 is 4.74 Å². The van der Waals surface area contributed by atoms with Crippen molar-refractivity contribution in [2.75, 3.05) is 7.11 Å². The summed E-state index contributed by atoms with van der Waals surface area (Å²) >= 11 is 6.01. The van der Waals surface area contributed by atoms with E-state index in [0.717, 1.165) is 6.07 Å². The zero-order chi connectivity index (χ0) is 12.4. The van der Waals surface area contributed by atoms with Gasteiger partial charge in [0, 0.05) is 17.2 Å². The predicted molar refractivity (Wildman–Crippen MR) is 63.4 cm³/mol. The van der Waals surface area contributed by atoms with Crippen molar-refractivity contribution in [3.8, 4) is 16.9 Å². The molecular weight excluding hydrogens is 246 g/mol. The van der Waals surface area contributed by atoms with E-state index in [9.17, 15) is 8.78 Å². The maximum absolute atomic E-state index is 13.7. The fraction of sp³-hybridized carbons (Fsp3) is 0.0769. The van der Waals surface area contributed by atoms with Crippen LogP contribution < -0.4 is 4.74 Å². The fourth-order valence-electron chi connectivity index (χ4n) is 1.63. The van der Waals surface area contributed by atoms with Gasteiger partial charge in [0.05, 0.1) is 12.1 Å². The second-order valence-electron chi connectivity index (χ2n) is 3.44. The Kier molecular flexibility index (Phi) is 3.29. The first-order valence-corrected chi connectivity index (χ1v) is 5.29. The number of methoxy groups -OCH3 is 1. The Bertz CT molecular complexity index is 555. The molecule has 0 N–H and O–H groups in total. The highest BCUT2D eigenvalue weighted by molar-refractivity contribution is 6.33. The van der Waals surface area contributed by atoms with Gasteiger partial charge in [-0.05, 0) is 24.3 Å². The highest BCUT2D eigenvalue weighted by Gasteiger charge is 2.14. The van der Waals surface area contributed by atoms with Gasteiger partial charge in [0.25, 0.3) is 0 Å². The number of halogens is 3. The number of ether oxygens (including phenoxy) is 1. The maximum atomic E-state index is 13.7. The topological polar surface area (TPSA) is 9.23 Å². The molecule has 0 aliphatic rings. The molecule has 0 radical (unpaired) electrons. The molecule has 0 aromatic heterocycles. The SMILES string of the molecule is COc1cccc(Cl)c1-c1ccc(F)cc1F. The van der Waals surface area contributed by atoms with E-state index in [0.29, 0.717) is 16.3 Å². The second-order valence-corrected chi connectivity index (χ2v) is 3.85. The zero-order valence-electron chi connectivity index (χ0n) is 9.01. The summed E-state index contributed by atoms with van der Waals surface area (Å²) in [4.78, 5) is 0. The Morgan fingerprint density at radius 2 is 1.88 bits per heavy atom. The molecule has 0 fully saturated rings. The standard InChI is InChI=1S/C13H9ClF2O/c1-17-12-4-2-3-10(14)13(12)9-6-5-8(15)7-11(9)16/h2-7H,1H3. The third-order valence-electron chi connectivity index (χ3n) is 2.40. The van der Waals surface area contributed by atoms with E-state index in [1.54, 1.807) is 18.2 Å². The quantitative estimate of drug-likeness (QED) is 0.777. The maximum Gasteiger partial charge on any atom is 0.134 e. The third-order valence-corrected chi connectivity index (χ3v) is 2.71. The fourth-order valence-corrected chi connectivity index (χ4v) is 1.90. The van der Waals surface area contributed by atoms with Crippen LogP contribution in [0.4, 0.5) is 8.78 Å². The van der Waals surface area contributed by atoms with Crippen LogP contribution >= 0.6 is 11.6 Å². The molecule has 0 saturated carbocycles. The van der Waals surface area contributed by atoms with E-state index in [1.165, 1.54) is 19.2 Å². The first kappa shape index (κ1) is 11.9. The van der Waals surface area contributed by atoms with E-state index in [2.05, 4.69) is 0 Å². The lowest BCUT2D eigenvalue weighted by Gasteiger charge is -2.11. The van der Waals surface area contributed by atoms with Gasteiger partial charge in [0.1, 0.15) is 17.4 Å². The van der Waals surface area contributed by atoms with E-state index >= 15 is 0 Å². The van der Waals surface area contributed by atoms with Gasteiger partial charge in [-0.3, -0.25) is 0 Å². The molecule has 17 heavy (non-hydrogen) atoms. The minimum Gasteiger partial charge on any atom is -0.496 e. The molecule has 0 heterocycles. The van der Waals surface area contributed by atoms with Gasteiger partial charge in [-0.2, -0.15) is 0 Å². The average Bonchev–Trinajstić information content (AvgIpc) is 2.30. The monoisotopic (exact) mass is 254 g/mol. The van der Waals surface area contributed by atoms with E-state index in [4.69, 9.17) is 16.3 Å². The molecule has 4 heteroatoms. The number of hydrogen-bond donors (Lipinski definition) is 0. The van der Waals surface area contributed by atoms with Gasteiger partial charge in [-0.25, -0.2) is 8.78 Å². The Morgan fingerprint density at radius 1 is 1.12 bits per heavy atom. The summed E-state index contributed by atoms with van der Waals surface area (Å²) < 4.78 is 31.6. The van der Waals surface area contributed by atoms with Crippen LogP contribution in [0.3, 0.4) is 0 Å². The van der Waals surface area contributed by atoms with Crippen LogP contribution in [0.1, 0.15) is 0 Å². The molecule has 0 aliphatic heterocycles. The lowest BCUT2D eigenvalue weighted by atomic mass is 10.0. The van der Waals surface area contributed by atoms with Crippen LogP contribution in [-0.2, 0) is 0 Å². The minimum atomic E-state index is -0.670. The van der Waals surface area contributed by atoms with Crippen molar-refractivity contribution < 1.29 is 13.5 Å². The largest absolute Gasteiger partial charge is 0.496 e. The van der Waals surface area contributed by atoms with Crippen LogP contribution in [0.5, 0.6) is 5.75 Å². The summed E-state index contributed by atoms with van der Waals surface area (Å²) in [7, 11) is 1.47. The van der Waals surface area contributed by atoms with Crippen LogP contribution in [0.15, 0.2) is 36.4 Å². The smallest absolute Gasteiger partial charge is 0.134 e. The predicted octanol–water partition coefficient (Wildman–Crippen LogP) is 4.29. The summed E-state index contributed by atoms with van der Waals surface area (Å²) in [5, 5.41) is 0.356. The average molecular weight is 255 g/mol. The molecule has 0 aliphatic carbocycles. The molecule has 0 atom stereocenters.